The minimum Gasteiger partial charge on any atom is -0.371 e. The number of anilines is 1. The Bertz CT molecular complexity index is 401. The van der Waals surface area contributed by atoms with Crippen LogP contribution in [0, 0.1) is 11.2 Å². The lowest BCUT2D eigenvalue weighted by Gasteiger charge is -2.41. The lowest BCUT2D eigenvalue weighted by molar-refractivity contribution is 0.228. The molecule has 0 aromatic heterocycles. The van der Waals surface area contributed by atoms with Gasteiger partial charge in [-0.3, -0.25) is 0 Å². The Labute approximate surface area is 121 Å². The Kier molecular flexibility index (Phi) is 5.14. The van der Waals surface area contributed by atoms with E-state index >= 15 is 0 Å². The maximum atomic E-state index is 13.4. The van der Waals surface area contributed by atoms with Crippen LogP contribution in [0.1, 0.15) is 39.0 Å². The summed E-state index contributed by atoms with van der Waals surface area (Å²) in [6, 6.07) is 6.94. The lowest BCUT2D eigenvalue weighted by atomic mass is 9.75. The molecule has 1 saturated carbocycles. The van der Waals surface area contributed by atoms with E-state index in [2.05, 4.69) is 24.5 Å². The van der Waals surface area contributed by atoms with Crippen molar-refractivity contribution in [3.8, 4) is 0 Å². The molecule has 0 heterocycles. The van der Waals surface area contributed by atoms with Crippen molar-refractivity contribution in [1.82, 2.24) is 0 Å². The zero-order valence-corrected chi connectivity index (χ0v) is 12.6. The minimum absolute atomic E-state index is 0.153. The monoisotopic (exact) mass is 281 g/mol. The van der Waals surface area contributed by atoms with Gasteiger partial charge < -0.3 is 4.90 Å². The molecule has 0 N–H and O–H groups in total. The average molecular weight is 281 g/mol. The Hall–Kier alpha value is -0.700. The van der Waals surface area contributed by atoms with E-state index in [0.29, 0.717) is 5.41 Å². The standard InChI is InChI=1S/C16H24FNS/c1-2-18(15-8-6-7-14(17)11-15)12-16(13-19)9-4-3-5-10-16/h6-8,11,19H,2-5,9-10,12-13H2,1H3. The molecule has 19 heavy (non-hydrogen) atoms. The lowest BCUT2D eigenvalue weighted by Crippen LogP contribution is -2.40. The van der Waals surface area contributed by atoms with E-state index in [-0.39, 0.29) is 5.82 Å². The molecule has 1 aliphatic rings. The third-order valence-corrected chi connectivity index (χ3v) is 5.00. The highest BCUT2D eigenvalue weighted by molar-refractivity contribution is 7.80. The van der Waals surface area contributed by atoms with Gasteiger partial charge in [0.25, 0.3) is 0 Å². The van der Waals surface area contributed by atoms with Crippen LogP contribution in [0.15, 0.2) is 24.3 Å². The van der Waals surface area contributed by atoms with E-state index < -0.39 is 0 Å². The molecule has 0 aliphatic heterocycles. The maximum absolute atomic E-state index is 13.4. The average Bonchev–Trinajstić information content (AvgIpc) is 2.46. The molecule has 1 aromatic carbocycles. The molecule has 1 nitrogen and oxygen atoms in total. The van der Waals surface area contributed by atoms with E-state index in [1.54, 1.807) is 12.1 Å². The van der Waals surface area contributed by atoms with Gasteiger partial charge in [-0.2, -0.15) is 12.6 Å². The fourth-order valence-electron chi connectivity index (χ4n) is 3.13. The van der Waals surface area contributed by atoms with Gasteiger partial charge in [0.05, 0.1) is 0 Å². The van der Waals surface area contributed by atoms with Crippen molar-refractivity contribution < 1.29 is 4.39 Å². The van der Waals surface area contributed by atoms with Crippen LogP contribution in [0.5, 0.6) is 0 Å². The number of thiol groups is 1. The molecule has 0 unspecified atom stereocenters. The second-order valence-electron chi connectivity index (χ2n) is 5.71. The molecule has 0 radical (unpaired) electrons. The fraction of sp³-hybridized carbons (Fsp3) is 0.625. The Balaban J connectivity index is 2.13. The normalized spacial score (nSPS) is 18.3. The topological polar surface area (TPSA) is 3.24 Å². The van der Waals surface area contributed by atoms with Crippen molar-refractivity contribution >= 4 is 18.3 Å². The van der Waals surface area contributed by atoms with Gasteiger partial charge in [-0.15, -0.1) is 0 Å². The van der Waals surface area contributed by atoms with Crippen LogP contribution >= 0.6 is 12.6 Å². The van der Waals surface area contributed by atoms with Gasteiger partial charge >= 0.3 is 0 Å². The summed E-state index contributed by atoms with van der Waals surface area (Å²) in [4.78, 5) is 2.30. The summed E-state index contributed by atoms with van der Waals surface area (Å²) in [6.45, 7) is 4.05. The van der Waals surface area contributed by atoms with Crippen molar-refractivity contribution in [2.75, 3.05) is 23.7 Å². The van der Waals surface area contributed by atoms with Gasteiger partial charge in [0.2, 0.25) is 0 Å². The first-order chi connectivity index (χ1) is 9.19. The van der Waals surface area contributed by atoms with Crippen molar-refractivity contribution in [3.05, 3.63) is 30.1 Å². The predicted molar refractivity (Wildman–Crippen MR) is 83.7 cm³/mol. The van der Waals surface area contributed by atoms with Crippen molar-refractivity contribution in [2.24, 2.45) is 5.41 Å². The van der Waals surface area contributed by atoms with Gasteiger partial charge in [-0.05, 0) is 49.1 Å². The van der Waals surface area contributed by atoms with E-state index in [9.17, 15) is 4.39 Å². The SMILES string of the molecule is CCN(CC1(CS)CCCCC1)c1cccc(F)c1. The second-order valence-corrected chi connectivity index (χ2v) is 6.03. The molecule has 1 fully saturated rings. The summed E-state index contributed by atoms with van der Waals surface area (Å²) in [5.74, 6) is 0.776. The molecule has 0 spiro atoms. The van der Waals surface area contributed by atoms with Gasteiger partial charge in [-0.25, -0.2) is 4.39 Å². The summed E-state index contributed by atoms with van der Waals surface area (Å²) >= 11 is 4.59. The molecule has 1 aromatic rings. The molecular formula is C16H24FNS. The van der Waals surface area contributed by atoms with Crippen LogP contribution < -0.4 is 4.90 Å². The Morgan fingerprint density at radius 3 is 2.58 bits per heavy atom. The number of rotatable bonds is 5. The van der Waals surface area contributed by atoms with Crippen LogP contribution in [0.4, 0.5) is 10.1 Å². The van der Waals surface area contributed by atoms with Gasteiger partial charge in [0.1, 0.15) is 5.82 Å². The van der Waals surface area contributed by atoms with Gasteiger partial charge in [0.15, 0.2) is 0 Å². The molecule has 1 aliphatic carbocycles. The third kappa shape index (κ3) is 3.65. The number of hydrogen-bond acceptors (Lipinski definition) is 2. The first-order valence-corrected chi connectivity index (χ1v) is 7.94. The summed E-state index contributed by atoms with van der Waals surface area (Å²) in [5, 5.41) is 0. The highest BCUT2D eigenvalue weighted by Crippen LogP contribution is 2.38. The van der Waals surface area contributed by atoms with Crippen LogP contribution in [0.3, 0.4) is 0 Å². The van der Waals surface area contributed by atoms with E-state index in [1.807, 2.05) is 6.07 Å². The highest BCUT2D eigenvalue weighted by Gasteiger charge is 2.32. The molecule has 0 atom stereocenters. The molecule has 3 heteroatoms. The molecular weight excluding hydrogens is 257 g/mol. The predicted octanol–water partition coefficient (Wildman–Crippen LogP) is 4.53. The highest BCUT2D eigenvalue weighted by atomic mass is 32.1. The number of halogens is 1. The summed E-state index contributed by atoms with van der Waals surface area (Å²) < 4.78 is 13.4. The van der Waals surface area contributed by atoms with Crippen LogP contribution in [-0.2, 0) is 0 Å². The largest absolute Gasteiger partial charge is 0.371 e. The number of benzene rings is 1. The van der Waals surface area contributed by atoms with Crippen molar-refractivity contribution in [1.29, 1.82) is 0 Å². The molecule has 106 valence electrons. The smallest absolute Gasteiger partial charge is 0.125 e. The quantitative estimate of drug-likeness (QED) is 0.776. The molecule has 2 rings (SSSR count). The van der Waals surface area contributed by atoms with E-state index in [0.717, 1.165) is 24.5 Å². The molecule has 0 amide bonds. The van der Waals surface area contributed by atoms with E-state index in [1.165, 1.54) is 38.2 Å². The first-order valence-electron chi connectivity index (χ1n) is 7.30. The minimum atomic E-state index is -0.153. The summed E-state index contributed by atoms with van der Waals surface area (Å²) in [5.41, 5.74) is 1.30. The molecule has 0 saturated heterocycles. The van der Waals surface area contributed by atoms with Crippen LogP contribution in [0.25, 0.3) is 0 Å². The van der Waals surface area contributed by atoms with Crippen molar-refractivity contribution in [3.63, 3.8) is 0 Å². The second kappa shape index (κ2) is 6.65. The number of nitrogens with zero attached hydrogens (tertiary/aromatic N) is 1. The van der Waals surface area contributed by atoms with Gasteiger partial charge in [0, 0.05) is 18.8 Å². The zero-order valence-electron chi connectivity index (χ0n) is 11.7. The van der Waals surface area contributed by atoms with Gasteiger partial charge in [-0.1, -0.05) is 25.3 Å². The first kappa shape index (κ1) is 14.7. The molecule has 0 bridgehead atoms. The summed E-state index contributed by atoms with van der Waals surface area (Å²) in [7, 11) is 0. The van der Waals surface area contributed by atoms with Crippen LogP contribution in [-0.4, -0.2) is 18.8 Å². The maximum Gasteiger partial charge on any atom is 0.125 e. The summed E-state index contributed by atoms with van der Waals surface area (Å²) in [6.07, 6.45) is 6.47. The Morgan fingerprint density at radius 2 is 2.00 bits per heavy atom. The van der Waals surface area contributed by atoms with E-state index in [4.69, 9.17) is 0 Å². The zero-order chi connectivity index (χ0) is 13.7. The third-order valence-electron chi connectivity index (χ3n) is 4.33. The fourth-order valence-corrected chi connectivity index (χ4v) is 3.55. The van der Waals surface area contributed by atoms with Crippen molar-refractivity contribution in [2.45, 2.75) is 39.0 Å². The van der Waals surface area contributed by atoms with Crippen LogP contribution in [0.2, 0.25) is 0 Å². The number of hydrogen-bond donors (Lipinski definition) is 1. The Morgan fingerprint density at radius 1 is 1.26 bits per heavy atom.